The van der Waals surface area contributed by atoms with Crippen molar-refractivity contribution < 1.29 is 4.79 Å². The zero-order valence-electron chi connectivity index (χ0n) is 10.0. The van der Waals surface area contributed by atoms with E-state index in [-0.39, 0.29) is 17.5 Å². The summed E-state index contributed by atoms with van der Waals surface area (Å²) in [7, 11) is 0. The van der Waals surface area contributed by atoms with Gasteiger partial charge in [0, 0.05) is 19.1 Å². The van der Waals surface area contributed by atoms with Crippen molar-refractivity contribution in [1.82, 2.24) is 10.2 Å². The lowest BCUT2D eigenvalue weighted by Gasteiger charge is -2.30. The molecule has 3 N–H and O–H groups in total. The van der Waals surface area contributed by atoms with E-state index in [1.165, 1.54) is 0 Å². The Hall–Kier alpha value is -0.710. The van der Waals surface area contributed by atoms with Gasteiger partial charge in [0.05, 0.1) is 16.1 Å². The predicted octanol–water partition coefficient (Wildman–Crippen LogP) is 2.14. The third-order valence-electron chi connectivity index (χ3n) is 3.20. The van der Waals surface area contributed by atoms with Gasteiger partial charge < -0.3 is 16.0 Å². The second-order valence-corrected chi connectivity index (χ2v) is 5.61. The molecule has 0 aromatic carbocycles. The van der Waals surface area contributed by atoms with E-state index in [0.29, 0.717) is 30.2 Å². The monoisotopic (exact) mass is 289 g/mol. The average Bonchev–Trinajstić information content (AvgIpc) is 2.33. The second kappa shape index (κ2) is 5.95. The Bertz CT molecular complexity index is 387. The van der Waals surface area contributed by atoms with Gasteiger partial charge in [-0.2, -0.15) is 0 Å². The van der Waals surface area contributed by atoms with Crippen LogP contribution >= 0.6 is 23.2 Å². The molecule has 0 spiro atoms. The number of urea groups is 1. The molecule has 0 aromatic heterocycles. The molecule has 1 atom stereocenters. The number of halogens is 2. The van der Waals surface area contributed by atoms with Gasteiger partial charge >= 0.3 is 6.03 Å². The van der Waals surface area contributed by atoms with Gasteiger partial charge in [0.2, 0.25) is 0 Å². The molecule has 2 aliphatic rings. The average molecular weight is 290 g/mol. The van der Waals surface area contributed by atoms with Crippen molar-refractivity contribution in [3.8, 4) is 0 Å². The number of hydrogen-bond donors (Lipinski definition) is 2. The van der Waals surface area contributed by atoms with E-state index in [0.717, 1.165) is 12.8 Å². The minimum Gasteiger partial charge on any atom is -0.328 e. The summed E-state index contributed by atoms with van der Waals surface area (Å²) in [6, 6.07) is 0.0937. The zero-order valence-corrected chi connectivity index (χ0v) is 11.5. The van der Waals surface area contributed by atoms with Gasteiger partial charge in [-0.3, -0.25) is 0 Å². The molecule has 1 heterocycles. The first kappa shape index (κ1) is 13.7. The number of rotatable bonds is 1. The number of nitrogens with zero attached hydrogens (tertiary/aromatic N) is 1. The van der Waals surface area contributed by atoms with Crippen LogP contribution in [0.4, 0.5) is 4.79 Å². The lowest BCUT2D eigenvalue weighted by molar-refractivity contribution is 0.184. The van der Waals surface area contributed by atoms with Crippen molar-refractivity contribution in [2.24, 2.45) is 5.73 Å². The molecule has 4 nitrogen and oxygen atoms in total. The van der Waals surface area contributed by atoms with E-state index in [9.17, 15) is 4.79 Å². The van der Waals surface area contributed by atoms with Crippen LogP contribution in [0.5, 0.6) is 0 Å². The van der Waals surface area contributed by atoms with Crippen LogP contribution in [-0.2, 0) is 0 Å². The Morgan fingerprint density at radius 3 is 2.72 bits per heavy atom. The molecule has 1 unspecified atom stereocenters. The fourth-order valence-corrected chi connectivity index (χ4v) is 2.61. The van der Waals surface area contributed by atoms with Crippen molar-refractivity contribution in [2.45, 2.75) is 30.7 Å². The van der Waals surface area contributed by atoms with Crippen LogP contribution in [0.1, 0.15) is 19.3 Å². The fourth-order valence-electron chi connectivity index (χ4n) is 2.05. The van der Waals surface area contributed by atoms with Crippen LogP contribution < -0.4 is 11.1 Å². The van der Waals surface area contributed by atoms with Gasteiger partial charge in [0.15, 0.2) is 0 Å². The maximum absolute atomic E-state index is 12.0. The number of hydrogen-bond acceptors (Lipinski definition) is 2. The number of amides is 2. The Morgan fingerprint density at radius 1 is 1.44 bits per heavy atom. The highest BCUT2D eigenvalue weighted by atomic mass is 35.5. The fraction of sp³-hybridized carbons (Fsp3) is 0.583. The molecule has 2 amide bonds. The molecule has 0 saturated carbocycles. The zero-order chi connectivity index (χ0) is 13.1. The minimum absolute atomic E-state index is 0.0915. The Balaban J connectivity index is 1.90. The minimum atomic E-state index is -0.118. The summed E-state index contributed by atoms with van der Waals surface area (Å²) in [4.78, 5) is 13.8. The van der Waals surface area contributed by atoms with E-state index < -0.39 is 0 Å². The summed E-state index contributed by atoms with van der Waals surface area (Å²) < 4.78 is 0. The molecule has 1 aliphatic carbocycles. The third-order valence-corrected chi connectivity index (χ3v) is 3.83. The van der Waals surface area contributed by atoms with E-state index in [1.807, 2.05) is 6.08 Å². The first-order valence-electron chi connectivity index (χ1n) is 6.09. The van der Waals surface area contributed by atoms with E-state index in [1.54, 1.807) is 11.0 Å². The quantitative estimate of drug-likeness (QED) is 0.727. The van der Waals surface area contributed by atoms with E-state index >= 15 is 0 Å². The summed E-state index contributed by atoms with van der Waals surface area (Å²) >= 11 is 12.0. The van der Waals surface area contributed by atoms with Crippen LogP contribution in [-0.4, -0.2) is 35.4 Å². The number of nitrogens with one attached hydrogen (secondary N) is 1. The summed E-state index contributed by atoms with van der Waals surface area (Å²) in [6.07, 6.45) is 5.97. The maximum atomic E-state index is 12.0. The molecule has 2 rings (SSSR count). The summed E-state index contributed by atoms with van der Waals surface area (Å²) in [6.45, 7) is 1.39. The SMILES string of the molecule is NC1CCN(C(=O)NC2=CCC(Cl)C=C2Cl)CC1. The normalized spacial score (nSPS) is 25.5. The standard InChI is InChI=1S/C12H17Cl2N3O/c13-8-1-2-11(10(14)7-8)16-12(18)17-5-3-9(15)4-6-17/h2,7-9H,1,3-6,15H2,(H,16,18). The smallest absolute Gasteiger partial charge is 0.321 e. The first-order chi connectivity index (χ1) is 8.56. The van der Waals surface area contributed by atoms with Gasteiger partial charge in [-0.1, -0.05) is 17.7 Å². The van der Waals surface area contributed by atoms with E-state index in [4.69, 9.17) is 28.9 Å². The van der Waals surface area contributed by atoms with Crippen molar-refractivity contribution in [3.63, 3.8) is 0 Å². The van der Waals surface area contributed by atoms with Crippen LogP contribution in [0.25, 0.3) is 0 Å². The first-order valence-corrected chi connectivity index (χ1v) is 6.91. The van der Waals surface area contributed by atoms with Crippen LogP contribution in [0.15, 0.2) is 22.9 Å². The van der Waals surface area contributed by atoms with Gasteiger partial charge in [-0.05, 0) is 25.3 Å². The Labute approximate surface area is 117 Å². The van der Waals surface area contributed by atoms with Gasteiger partial charge in [-0.15, -0.1) is 11.6 Å². The highest BCUT2D eigenvalue weighted by molar-refractivity contribution is 6.33. The molecule has 0 radical (unpaired) electrons. The van der Waals surface area contributed by atoms with Gasteiger partial charge in [0.25, 0.3) is 0 Å². The molecule has 0 aromatic rings. The molecular formula is C12H17Cl2N3O. The van der Waals surface area contributed by atoms with Crippen molar-refractivity contribution in [3.05, 3.63) is 22.9 Å². The number of carbonyl (C=O) groups is 1. The number of nitrogens with two attached hydrogens (primary N) is 1. The lowest BCUT2D eigenvalue weighted by atomic mass is 10.1. The summed E-state index contributed by atoms with van der Waals surface area (Å²) in [5, 5.41) is 3.23. The maximum Gasteiger partial charge on any atom is 0.321 e. The molecular weight excluding hydrogens is 273 g/mol. The summed E-state index contributed by atoms with van der Waals surface area (Å²) in [5.74, 6) is 0. The molecule has 18 heavy (non-hydrogen) atoms. The second-order valence-electron chi connectivity index (χ2n) is 4.64. The van der Waals surface area contributed by atoms with E-state index in [2.05, 4.69) is 5.32 Å². The number of carbonyl (C=O) groups excluding carboxylic acids is 1. The lowest BCUT2D eigenvalue weighted by Crippen LogP contribution is -2.47. The van der Waals surface area contributed by atoms with Gasteiger partial charge in [-0.25, -0.2) is 4.79 Å². The molecule has 1 saturated heterocycles. The number of piperidine rings is 1. The van der Waals surface area contributed by atoms with Crippen molar-refractivity contribution in [2.75, 3.05) is 13.1 Å². The molecule has 0 bridgehead atoms. The van der Waals surface area contributed by atoms with Crippen molar-refractivity contribution >= 4 is 29.2 Å². The van der Waals surface area contributed by atoms with Crippen molar-refractivity contribution in [1.29, 1.82) is 0 Å². The predicted molar refractivity (Wildman–Crippen MR) is 73.6 cm³/mol. The Morgan fingerprint density at radius 2 is 2.11 bits per heavy atom. The van der Waals surface area contributed by atoms with Crippen LogP contribution in [0.2, 0.25) is 0 Å². The van der Waals surface area contributed by atoms with Crippen LogP contribution in [0, 0.1) is 0 Å². The molecule has 6 heteroatoms. The number of alkyl halides is 1. The van der Waals surface area contributed by atoms with Gasteiger partial charge in [0.1, 0.15) is 0 Å². The number of allylic oxidation sites excluding steroid dienone is 3. The van der Waals surface area contributed by atoms with Crippen LogP contribution in [0.3, 0.4) is 0 Å². The largest absolute Gasteiger partial charge is 0.328 e. The highest BCUT2D eigenvalue weighted by Gasteiger charge is 2.22. The topological polar surface area (TPSA) is 58.4 Å². The molecule has 100 valence electrons. The Kier molecular flexibility index (Phi) is 4.54. The summed E-state index contributed by atoms with van der Waals surface area (Å²) in [5.41, 5.74) is 6.45. The third kappa shape index (κ3) is 3.40. The number of likely N-dealkylation sites (tertiary alicyclic amines) is 1. The molecule has 1 fully saturated rings. The molecule has 1 aliphatic heterocycles. The highest BCUT2D eigenvalue weighted by Crippen LogP contribution is 2.23.